The van der Waals surface area contributed by atoms with Crippen LogP contribution in [-0.4, -0.2) is 12.1 Å². The minimum absolute atomic E-state index is 0.0208. The smallest absolute Gasteiger partial charge is 0.247 e. The fourth-order valence-corrected chi connectivity index (χ4v) is 0.762. The van der Waals surface area contributed by atoms with Crippen LogP contribution < -0.4 is 0 Å². The molecule has 1 saturated carbocycles. The second-order valence-corrected chi connectivity index (χ2v) is 1.98. The Bertz CT molecular complexity index is 89.7. The maximum atomic E-state index is 11.9. The summed E-state index contributed by atoms with van der Waals surface area (Å²) < 4.78 is 35.7. The molecule has 47 valence electrons. The van der Waals surface area contributed by atoms with Crippen LogP contribution in [0.2, 0.25) is 0 Å². The van der Waals surface area contributed by atoms with Gasteiger partial charge in [0.05, 0.1) is 6.42 Å². The third-order valence-corrected chi connectivity index (χ3v) is 1.18. The van der Waals surface area contributed by atoms with Gasteiger partial charge in [-0.15, -0.1) is 0 Å². The summed E-state index contributed by atoms with van der Waals surface area (Å²) >= 11 is 0. The van der Waals surface area contributed by atoms with Gasteiger partial charge in [-0.25, -0.2) is 13.2 Å². The van der Waals surface area contributed by atoms with Crippen molar-refractivity contribution < 1.29 is 13.2 Å². The number of rotatable bonds is 0. The van der Waals surface area contributed by atoms with Crippen LogP contribution in [0.15, 0.2) is 0 Å². The van der Waals surface area contributed by atoms with Crippen molar-refractivity contribution in [3.05, 3.63) is 6.42 Å². The Kier molecular flexibility index (Phi) is 1.21. The zero-order valence-electron chi connectivity index (χ0n) is 4.20. The molecule has 0 nitrogen and oxygen atoms in total. The molecule has 0 heterocycles. The molecule has 3 heteroatoms. The topological polar surface area (TPSA) is 0 Å². The van der Waals surface area contributed by atoms with E-state index in [-0.39, 0.29) is 12.8 Å². The molecule has 1 aliphatic rings. The van der Waals surface area contributed by atoms with Crippen molar-refractivity contribution >= 4 is 0 Å². The summed E-state index contributed by atoms with van der Waals surface area (Å²) in [4.78, 5) is 0. The van der Waals surface area contributed by atoms with Gasteiger partial charge in [-0.3, -0.25) is 0 Å². The third kappa shape index (κ3) is 1.14. The average Bonchev–Trinajstić information content (AvgIpc) is 1.82. The molecule has 0 aromatic carbocycles. The molecule has 8 heavy (non-hydrogen) atoms. The molecule has 0 spiro atoms. The zero-order chi connectivity index (χ0) is 6.20. The number of alkyl halides is 3. The second-order valence-electron chi connectivity index (χ2n) is 1.98. The molecule has 0 aliphatic heterocycles. The van der Waals surface area contributed by atoms with Crippen LogP contribution in [0.4, 0.5) is 13.2 Å². The lowest BCUT2D eigenvalue weighted by molar-refractivity contribution is 0.0435. The molecule has 1 unspecified atom stereocenters. The first-order valence-corrected chi connectivity index (χ1v) is 2.48. The number of halogens is 3. The van der Waals surface area contributed by atoms with Crippen LogP contribution >= 0.6 is 0 Å². The summed E-state index contributed by atoms with van der Waals surface area (Å²) in [6.07, 6.45) is -1.27. The molecule has 0 amide bonds. The average molecular weight is 123 g/mol. The molecule has 0 aromatic rings. The highest BCUT2D eigenvalue weighted by molar-refractivity contribution is 4.97. The van der Waals surface area contributed by atoms with Gasteiger partial charge >= 0.3 is 0 Å². The van der Waals surface area contributed by atoms with E-state index in [2.05, 4.69) is 0 Å². The molecule has 1 atom stereocenters. The fraction of sp³-hybridized carbons (Fsp3) is 0.800. The van der Waals surface area contributed by atoms with Crippen LogP contribution in [0.5, 0.6) is 0 Å². The highest BCUT2D eigenvalue weighted by Crippen LogP contribution is 2.35. The van der Waals surface area contributed by atoms with Gasteiger partial charge < -0.3 is 0 Å². The molecule has 1 fully saturated rings. The molecule has 0 bridgehead atoms. The quantitative estimate of drug-likeness (QED) is 0.462. The van der Waals surface area contributed by atoms with E-state index < -0.39 is 12.1 Å². The van der Waals surface area contributed by atoms with Crippen molar-refractivity contribution in [3.63, 3.8) is 0 Å². The van der Waals surface area contributed by atoms with Gasteiger partial charge in [0.2, 0.25) is 0 Å². The minimum Gasteiger partial charge on any atom is -0.247 e. The maximum absolute atomic E-state index is 11.9. The Hall–Kier alpha value is -0.210. The van der Waals surface area contributed by atoms with E-state index in [1.165, 1.54) is 0 Å². The lowest BCUT2D eigenvalue weighted by atomic mass is 10.3. The molecule has 0 saturated heterocycles. The Morgan fingerprint density at radius 3 is 2.25 bits per heavy atom. The Morgan fingerprint density at radius 2 is 2.12 bits per heavy atom. The van der Waals surface area contributed by atoms with Crippen molar-refractivity contribution in [1.82, 2.24) is 0 Å². The van der Waals surface area contributed by atoms with Gasteiger partial charge in [0, 0.05) is 6.42 Å². The molecule has 0 N–H and O–H groups in total. The van der Waals surface area contributed by atoms with E-state index in [0.717, 1.165) is 0 Å². The maximum Gasteiger partial charge on any atom is 0.254 e. The lowest BCUT2D eigenvalue weighted by Crippen LogP contribution is -2.10. The normalized spacial score (nSPS) is 35.6. The summed E-state index contributed by atoms with van der Waals surface area (Å²) in [7, 11) is 0. The molecule has 1 rings (SSSR count). The van der Waals surface area contributed by atoms with Crippen LogP contribution in [0.1, 0.15) is 12.8 Å². The summed E-state index contributed by atoms with van der Waals surface area (Å²) in [6.45, 7) is 0. The predicted octanol–water partition coefficient (Wildman–Crippen LogP) is 1.96. The van der Waals surface area contributed by atoms with Crippen molar-refractivity contribution in [2.24, 2.45) is 0 Å². The number of hydrogen-bond donors (Lipinski definition) is 0. The van der Waals surface area contributed by atoms with E-state index in [4.69, 9.17) is 0 Å². The zero-order valence-corrected chi connectivity index (χ0v) is 4.20. The van der Waals surface area contributed by atoms with Crippen molar-refractivity contribution in [3.8, 4) is 0 Å². The van der Waals surface area contributed by atoms with E-state index in [1.807, 2.05) is 0 Å². The van der Waals surface area contributed by atoms with Crippen LogP contribution in [0.25, 0.3) is 0 Å². The van der Waals surface area contributed by atoms with Gasteiger partial charge in [0.25, 0.3) is 5.92 Å². The first-order valence-electron chi connectivity index (χ1n) is 2.48. The highest BCUT2D eigenvalue weighted by Gasteiger charge is 2.39. The van der Waals surface area contributed by atoms with E-state index in [1.54, 1.807) is 0 Å². The SMILES string of the molecule is FC1[CH]C(F)(F)CC1. The Morgan fingerprint density at radius 1 is 1.50 bits per heavy atom. The van der Waals surface area contributed by atoms with Crippen molar-refractivity contribution in [2.45, 2.75) is 24.9 Å². The van der Waals surface area contributed by atoms with Gasteiger partial charge in [0.1, 0.15) is 6.17 Å². The number of hydrogen-bond acceptors (Lipinski definition) is 0. The Labute approximate surface area is 45.7 Å². The Balaban J connectivity index is 2.44. The largest absolute Gasteiger partial charge is 0.254 e. The van der Waals surface area contributed by atoms with Crippen molar-refractivity contribution in [2.75, 3.05) is 0 Å². The lowest BCUT2D eigenvalue weighted by Gasteiger charge is -2.02. The van der Waals surface area contributed by atoms with E-state index in [9.17, 15) is 13.2 Å². The van der Waals surface area contributed by atoms with Crippen LogP contribution in [-0.2, 0) is 0 Å². The molecule has 1 radical (unpaired) electrons. The fourth-order valence-electron chi connectivity index (χ4n) is 0.762. The van der Waals surface area contributed by atoms with Gasteiger partial charge in [0.15, 0.2) is 0 Å². The predicted molar refractivity (Wildman–Crippen MR) is 23.4 cm³/mol. The summed E-state index contributed by atoms with van der Waals surface area (Å²) in [5.74, 6) is -2.83. The second kappa shape index (κ2) is 1.64. The van der Waals surface area contributed by atoms with E-state index >= 15 is 0 Å². The van der Waals surface area contributed by atoms with Gasteiger partial charge in [-0.05, 0) is 6.42 Å². The molecular formula is C5H6F3. The molecular weight excluding hydrogens is 117 g/mol. The van der Waals surface area contributed by atoms with Crippen LogP contribution in [0, 0.1) is 6.42 Å². The van der Waals surface area contributed by atoms with Crippen LogP contribution in [0.3, 0.4) is 0 Å². The molecule has 1 aliphatic carbocycles. The first-order chi connectivity index (χ1) is 3.60. The van der Waals surface area contributed by atoms with Gasteiger partial charge in [-0.2, -0.15) is 0 Å². The summed E-state index contributed by atoms with van der Waals surface area (Å²) in [5, 5.41) is 0. The monoisotopic (exact) mass is 123 g/mol. The molecule has 0 aromatic heterocycles. The minimum atomic E-state index is -2.83. The summed E-state index contributed by atoms with van der Waals surface area (Å²) in [6, 6.07) is 0. The standard InChI is InChI=1S/C5H6F3/c6-4-1-2-5(7,8)3-4/h3-4H,1-2H2. The third-order valence-electron chi connectivity index (χ3n) is 1.18. The van der Waals surface area contributed by atoms with Crippen molar-refractivity contribution in [1.29, 1.82) is 0 Å². The van der Waals surface area contributed by atoms with E-state index in [0.29, 0.717) is 6.42 Å². The highest BCUT2D eigenvalue weighted by atomic mass is 19.3. The summed E-state index contributed by atoms with van der Waals surface area (Å²) in [5.41, 5.74) is 0. The van der Waals surface area contributed by atoms with Gasteiger partial charge in [-0.1, -0.05) is 0 Å². The first kappa shape index (κ1) is 5.92.